The van der Waals surface area contributed by atoms with Gasteiger partial charge in [-0.3, -0.25) is 9.59 Å². The molecule has 0 saturated carbocycles. The van der Waals surface area contributed by atoms with E-state index >= 15 is 0 Å². The number of unbranched alkanes of at least 4 members (excludes halogenated alkanes) is 14. The van der Waals surface area contributed by atoms with Crippen molar-refractivity contribution in [2.45, 2.75) is 192 Å². The fraction of sp³-hybridized carbons (Fsp3) is 0.767. The molecule has 0 aromatic carbocycles. The molecule has 0 aromatic rings. The highest BCUT2D eigenvalue weighted by molar-refractivity contribution is 5.70. The van der Waals surface area contributed by atoms with E-state index in [0.29, 0.717) is 12.8 Å². The van der Waals surface area contributed by atoms with E-state index in [1.165, 1.54) is 38.5 Å². The number of ether oxygens (including phenoxy) is 4. The van der Waals surface area contributed by atoms with Gasteiger partial charge in [-0.15, -0.1) is 0 Å². The SMILES string of the molecule is CC/C=C/C/C=C/C/C=C/CCCCCCCC(=O)O[C@H](COC(=O)CCCCC/C=C/CCCCCCCC)CO[C@@H]1O[C@H](CO)[C@H](O)C(O)C1O. The lowest BCUT2D eigenvalue weighted by molar-refractivity contribution is -0.305. The first kappa shape index (κ1) is 48.7. The molecular weight excluding hydrogens is 676 g/mol. The lowest BCUT2D eigenvalue weighted by Crippen LogP contribution is -2.59. The van der Waals surface area contributed by atoms with Crippen molar-refractivity contribution in [3.63, 3.8) is 0 Å². The Hall–Kier alpha value is -2.34. The van der Waals surface area contributed by atoms with Gasteiger partial charge in [0.2, 0.25) is 0 Å². The maximum atomic E-state index is 12.7. The molecule has 53 heavy (non-hydrogen) atoms. The quantitative estimate of drug-likeness (QED) is 0.0294. The van der Waals surface area contributed by atoms with E-state index in [4.69, 9.17) is 18.9 Å². The molecule has 1 saturated heterocycles. The Bertz CT molecular complexity index is 1010. The predicted molar refractivity (Wildman–Crippen MR) is 210 cm³/mol. The van der Waals surface area contributed by atoms with Gasteiger partial charge in [-0.05, 0) is 70.6 Å². The molecule has 2 unspecified atom stereocenters. The first-order chi connectivity index (χ1) is 25.8. The number of allylic oxidation sites excluding steroid dienone is 8. The highest BCUT2D eigenvalue weighted by Crippen LogP contribution is 2.22. The number of rotatable bonds is 33. The van der Waals surface area contributed by atoms with E-state index in [0.717, 1.165) is 77.0 Å². The van der Waals surface area contributed by atoms with Gasteiger partial charge in [0.05, 0.1) is 13.2 Å². The summed E-state index contributed by atoms with van der Waals surface area (Å²) in [5.41, 5.74) is 0. The first-order valence-electron chi connectivity index (χ1n) is 20.7. The number of esters is 2. The molecule has 10 heteroatoms. The highest BCUT2D eigenvalue weighted by Gasteiger charge is 2.44. The molecule has 0 aliphatic carbocycles. The standard InChI is InChI=1S/C43H74O10/c1-3-5-7-9-11-13-15-17-18-20-22-24-26-28-30-32-39(46)52-36(35-51-43-42(49)41(48)40(47)37(33-44)53-43)34-50-38(45)31-29-27-25-23-21-19-16-14-12-10-8-6-4-2/h5,7,11,13,17-19,21,36-37,40-44,47-49H,3-4,6,8-10,12,14-16,20,22-35H2,1-2H3/b7-5+,13-11+,18-17+,21-19+/t36-,37-,40+,41?,42?,43-/m1/s1. The Kier molecular flexibility index (Phi) is 31.4. The summed E-state index contributed by atoms with van der Waals surface area (Å²) < 4.78 is 22.1. The molecule has 0 amide bonds. The molecule has 0 bridgehead atoms. The third-order valence-corrected chi connectivity index (χ3v) is 9.20. The molecule has 306 valence electrons. The number of carbonyl (C=O) groups excluding carboxylic acids is 2. The van der Waals surface area contributed by atoms with Crippen molar-refractivity contribution in [1.82, 2.24) is 0 Å². The average Bonchev–Trinajstić information content (AvgIpc) is 3.15. The Morgan fingerprint density at radius 2 is 1.11 bits per heavy atom. The van der Waals surface area contributed by atoms with Gasteiger partial charge in [-0.25, -0.2) is 0 Å². The van der Waals surface area contributed by atoms with Gasteiger partial charge < -0.3 is 39.4 Å². The fourth-order valence-corrected chi connectivity index (χ4v) is 5.90. The van der Waals surface area contributed by atoms with Gasteiger partial charge >= 0.3 is 11.9 Å². The second-order valence-corrected chi connectivity index (χ2v) is 14.1. The number of aliphatic hydroxyl groups is 4. The van der Waals surface area contributed by atoms with Gasteiger partial charge in [-0.1, -0.05) is 120 Å². The second kappa shape index (κ2) is 34.2. The molecule has 4 N–H and O–H groups in total. The molecule has 10 nitrogen and oxygen atoms in total. The highest BCUT2D eigenvalue weighted by atomic mass is 16.7. The van der Waals surface area contributed by atoms with Crippen LogP contribution in [0, 0.1) is 0 Å². The number of carbonyl (C=O) groups is 2. The van der Waals surface area contributed by atoms with E-state index in [-0.39, 0.29) is 26.1 Å². The minimum atomic E-state index is -1.60. The summed E-state index contributed by atoms with van der Waals surface area (Å²) in [6.07, 6.45) is 31.2. The van der Waals surface area contributed by atoms with Crippen LogP contribution in [0.4, 0.5) is 0 Å². The van der Waals surface area contributed by atoms with Gasteiger partial charge in [0.1, 0.15) is 31.0 Å². The van der Waals surface area contributed by atoms with E-state index in [1.807, 2.05) is 0 Å². The van der Waals surface area contributed by atoms with Crippen LogP contribution in [0.2, 0.25) is 0 Å². The Balaban J connectivity index is 2.40. The summed E-state index contributed by atoms with van der Waals surface area (Å²) in [4.78, 5) is 25.2. The van der Waals surface area contributed by atoms with E-state index in [9.17, 15) is 30.0 Å². The maximum Gasteiger partial charge on any atom is 0.306 e. The number of hydrogen-bond acceptors (Lipinski definition) is 10. The molecular formula is C43H74O10. The van der Waals surface area contributed by atoms with Crippen molar-refractivity contribution in [1.29, 1.82) is 0 Å². The van der Waals surface area contributed by atoms with Gasteiger partial charge in [0.25, 0.3) is 0 Å². The zero-order valence-corrected chi connectivity index (χ0v) is 33.0. The summed E-state index contributed by atoms with van der Waals surface area (Å²) >= 11 is 0. The number of aliphatic hydroxyl groups excluding tert-OH is 4. The zero-order chi connectivity index (χ0) is 38.8. The third-order valence-electron chi connectivity index (χ3n) is 9.20. The van der Waals surface area contributed by atoms with Crippen LogP contribution in [-0.2, 0) is 28.5 Å². The van der Waals surface area contributed by atoms with Crippen LogP contribution in [0.25, 0.3) is 0 Å². The van der Waals surface area contributed by atoms with Crippen LogP contribution in [0.3, 0.4) is 0 Å². The van der Waals surface area contributed by atoms with Crippen molar-refractivity contribution in [2.75, 3.05) is 19.8 Å². The van der Waals surface area contributed by atoms with Crippen molar-refractivity contribution in [3.05, 3.63) is 48.6 Å². The fourth-order valence-electron chi connectivity index (χ4n) is 5.90. The molecule has 0 aromatic heterocycles. The molecule has 0 radical (unpaired) electrons. The van der Waals surface area contributed by atoms with Crippen LogP contribution in [0.5, 0.6) is 0 Å². The van der Waals surface area contributed by atoms with Crippen LogP contribution < -0.4 is 0 Å². The minimum Gasteiger partial charge on any atom is -0.462 e. The maximum absolute atomic E-state index is 12.7. The van der Waals surface area contributed by atoms with Crippen LogP contribution >= 0.6 is 0 Å². The van der Waals surface area contributed by atoms with Crippen LogP contribution in [-0.4, -0.2) is 89.0 Å². The van der Waals surface area contributed by atoms with Gasteiger partial charge in [-0.2, -0.15) is 0 Å². The predicted octanol–water partition coefficient (Wildman–Crippen LogP) is 8.10. The van der Waals surface area contributed by atoms with Crippen molar-refractivity contribution >= 4 is 11.9 Å². The number of hydrogen-bond donors (Lipinski definition) is 4. The Labute approximate surface area is 320 Å². The lowest BCUT2D eigenvalue weighted by Gasteiger charge is -2.39. The van der Waals surface area contributed by atoms with E-state index in [1.54, 1.807) is 0 Å². The lowest BCUT2D eigenvalue weighted by atomic mass is 9.99. The average molecular weight is 751 g/mol. The van der Waals surface area contributed by atoms with E-state index < -0.39 is 55.4 Å². The largest absolute Gasteiger partial charge is 0.462 e. The molecule has 0 spiro atoms. The van der Waals surface area contributed by atoms with Gasteiger partial charge in [0.15, 0.2) is 12.4 Å². The van der Waals surface area contributed by atoms with Crippen molar-refractivity contribution in [3.8, 4) is 0 Å². The molecule has 1 rings (SSSR count). The smallest absolute Gasteiger partial charge is 0.306 e. The molecule has 1 fully saturated rings. The zero-order valence-electron chi connectivity index (χ0n) is 33.0. The molecule has 1 aliphatic rings. The first-order valence-corrected chi connectivity index (χ1v) is 20.7. The second-order valence-electron chi connectivity index (χ2n) is 14.1. The van der Waals surface area contributed by atoms with Crippen molar-refractivity contribution in [2.24, 2.45) is 0 Å². The minimum absolute atomic E-state index is 0.206. The summed E-state index contributed by atoms with van der Waals surface area (Å²) in [7, 11) is 0. The van der Waals surface area contributed by atoms with Crippen LogP contribution in [0.15, 0.2) is 48.6 Å². The summed E-state index contributed by atoms with van der Waals surface area (Å²) in [6.45, 7) is 3.25. The topological polar surface area (TPSA) is 152 Å². The molecule has 1 heterocycles. The third kappa shape index (κ3) is 26.2. The summed E-state index contributed by atoms with van der Waals surface area (Å²) in [6, 6.07) is 0. The summed E-state index contributed by atoms with van der Waals surface area (Å²) in [5, 5.41) is 40.0. The molecule has 6 atom stereocenters. The Morgan fingerprint density at radius 3 is 1.72 bits per heavy atom. The van der Waals surface area contributed by atoms with Crippen molar-refractivity contribution < 1.29 is 49.0 Å². The van der Waals surface area contributed by atoms with Crippen LogP contribution in [0.1, 0.15) is 155 Å². The summed E-state index contributed by atoms with van der Waals surface area (Å²) in [5.74, 6) is -0.849. The van der Waals surface area contributed by atoms with E-state index in [2.05, 4.69) is 62.5 Å². The van der Waals surface area contributed by atoms with Gasteiger partial charge in [0, 0.05) is 12.8 Å². The normalized spacial score (nSPS) is 21.4. The Morgan fingerprint density at radius 1 is 0.604 bits per heavy atom. The monoisotopic (exact) mass is 751 g/mol. The molecule has 1 aliphatic heterocycles.